The lowest BCUT2D eigenvalue weighted by molar-refractivity contribution is 0.102. The van der Waals surface area contributed by atoms with Gasteiger partial charge in [0.05, 0.1) is 11.4 Å². The van der Waals surface area contributed by atoms with Crippen LogP contribution in [0.3, 0.4) is 0 Å². The zero-order valence-electron chi connectivity index (χ0n) is 14.1. The van der Waals surface area contributed by atoms with Gasteiger partial charge in [0.1, 0.15) is 5.00 Å². The van der Waals surface area contributed by atoms with Crippen LogP contribution < -0.4 is 5.32 Å². The molecular weight excluding hydrogens is 334 g/mol. The molecule has 0 aliphatic rings. The van der Waals surface area contributed by atoms with Gasteiger partial charge in [0.25, 0.3) is 5.91 Å². The van der Waals surface area contributed by atoms with Crippen molar-refractivity contribution in [2.24, 2.45) is 0 Å². The zero-order valence-corrected chi connectivity index (χ0v) is 15.0. The molecule has 0 spiro atoms. The lowest BCUT2D eigenvalue weighted by Gasteiger charge is -2.16. The number of amides is 1. The number of hydrogen-bond acceptors (Lipinski definition) is 6. The average Bonchev–Trinajstić information content (AvgIpc) is 3.00. The molecule has 0 fully saturated rings. The van der Waals surface area contributed by atoms with Crippen LogP contribution in [0.2, 0.25) is 0 Å². The number of carbonyl (C=O) groups excluding carboxylic acids is 1. The lowest BCUT2D eigenvalue weighted by atomic mass is 10.1. The summed E-state index contributed by atoms with van der Waals surface area (Å²) in [5, 5.41) is 3.64. The number of aryl methyl sites for hydroxylation is 1. The van der Waals surface area contributed by atoms with Gasteiger partial charge >= 0.3 is 0 Å². The molecule has 128 valence electrons. The summed E-state index contributed by atoms with van der Waals surface area (Å²) < 4.78 is 4.17. The molecule has 0 saturated carbocycles. The second-order valence-corrected chi connectivity index (χ2v) is 6.66. The number of benzene rings is 1. The Morgan fingerprint density at radius 3 is 2.84 bits per heavy atom. The van der Waals surface area contributed by atoms with Crippen LogP contribution in [0.25, 0.3) is 0 Å². The number of anilines is 1. The van der Waals surface area contributed by atoms with Crippen LogP contribution in [0.15, 0.2) is 48.9 Å². The summed E-state index contributed by atoms with van der Waals surface area (Å²) >= 11 is 1.29. The smallest absolute Gasteiger partial charge is 0.256 e. The first-order valence-electron chi connectivity index (χ1n) is 7.87. The minimum Gasteiger partial charge on any atom is -0.312 e. The first-order chi connectivity index (χ1) is 12.1. The van der Waals surface area contributed by atoms with Crippen LogP contribution in [0.5, 0.6) is 0 Å². The second-order valence-electron chi connectivity index (χ2n) is 5.86. The molecule has 3 rings (SSSR count). The predicted octanol–water partition coefficient (Wildman–Crippen LogP) is 3.13. The molecule has 3 aromatic rings. The number of aromatic nitrogens is 3. The topological polar surface area (TPSA) is 71.0 Å². The van der Waals surface area contributed by atoms with E-state index < -0.39 is 0 Å². The molecule has 0 radical (unpaired) electrons. The highest BCUT2D eigenvalue weighted by Crippen LogP contribution is 2.17. The third kappa shape index (κ3) is 4.91. The van der Waals surface area contributed by atoms with Gasteiger partial charge in [0.15, 0.2) is 0 Å². The summed E-state index contributed by atoms with van der Waals surface area (Å²) in [5.41, 5.74) is 3.52. The van der Waals surface area contributed by atoms with Crippen molar-refractivity contribution in [3.8, 4) is 0 Å². The van der Waals surface area contributed by atoms with Crippen LogP contribution in [0.1, 0.15) is 27.3 Å². The van der Waals surface area contributed by atoms with Crippen molar-refractivity contribution in [3.05, 3.63) is 71.4 Å². The standard InChI is InChI=1S/C18H19N5OS/c1-13-8-17(25-22-13)21-18(24)15-5-3-4-14(9-15)11-23(2)12-16-10-19-6-7-20-16/h3-10H,11-12H2,1-2H3,(H,21,24). The highest BCUT2D eigenvalue weighted by molar-refractivity contribution is 7.10. The first-order valence-corrected chi connectivity index (χ1v) is 8.64. The fourth-order valence-corrected chi connectivity index (χ4v) is 3.13. The molecular formula is C18H19N5OS. The van der Waals surface area contributed by atoms with E-state index in [1.807, 2.05) is 44.3 Å². The van der Waals surface area contributed by atoms with E-state index in [1.54, 1.807) is 18.6 Å². The number of rotatable bonds is 6. The van der Waals surface area contributed by atoms with Gasteiger partial charge in [-0.05, 0) is 49.3 Å². The van der Waals surface area contributed by atoms with Crippen molar-refractivity contribution in [1.29, 1.82) is 0 Å². The van der Waals surface area contributed by atoms with E-state index in [-0.39, 0.29) is 5.91 Å². The highest BCUT2D eigenvalue weighted by Gasteiger charge is 2.10. The molecule has 1 N–H and O–H groups in total. The van der Waals surface area contributed by atoms with Crippen LogP contribution in [-0.4, -0.2) is 32.2 Å². The molecule has 0 aliphatic carbocycles. The van der Waals surface area contributed by atoms with Crippen molar-refractivity contribution in [2.45, 2.75) is 20.0 Å². The van der Waals surface area contributed by atoms with Crippen molar-refractivity contribution >= 4 is 22.4 Å². The van der Waals surface area contributed by atoms with Gasteiger partial charge < -0.3 is 5.32 Å². The van der Waals surface area contributed by atoms with Crippen molar-refractivity contribution in [1.82, 2.24) is 19.2 Å². The number of nitrogens with zero attached hydrogens (tertiary/aromatic N) is 4. The maximum Gasteiger partial charge on any atom is 0.256 e. The maximum absolute atomic E-state index is 12.4. The first kappa shape index (κ1) is 17.2. The summed E-state index contributed by atoms with van der Waals surface area (Å²) in [4.78, 5) is 22.9. The molecule has 0 unspecified atom stereocenters. The number of hydrogen-bond donors (Lipinski definition) is 1. The molecule has 6 nitrogen and oxygen atoms in total. The Kier molecular flexibility index (Phi) is 5.47. The third-order valence-electron chi connectivity index (χ3n) is 3.55. The molecule has 1 aromatic carbocycles. The summed E-state index contributed by atoms with van der Waals surface area (Å²) in [5.74, 6) is -0.123. The largest absolute Gasteiger partial charge is 0.312 e. The fraction of sp³-hybridized carbons (Fsp3) is 0.222. The van der Waals surface area contributed by atoms with E-state index in [2.05, 4.69) is 24.6 Å². The summed E-state index contributed by atoms with van der Waals surface area (Å²) in [6, 6.07) is 9.51. The Balaban J connectivity index is 1.63. The molecule has 1 amide bonds. The molecule has 0 aliphatic heterocycles. The van der Waals surface area contributed by atoms with Crippen molar-refractivity contribution in [2.75, 3.05) is 12.4 Å². The Morgan fingerprint density at radius 2 is 2.12 bits per heavy atom. The van der Waals surface area contributed by atoms with Gasteiger partial charge in [-0.2, -0.15) is 4.37 Å². The van der Waals surface area contributed by atoms with Crippen molar-refractivity contribution < 1.29 is 4.79 Å². The summed E-state index contributed by atoms with van der Waals surface area (Å²) in [6.45, 7) is 3.32. The van der Waals surface area contributed by atoms with Gasteiger partial charge in [-0.3, -0.25) is 19.7 Å². The van der Waals surface area contributed by atoms with Crippen LogP contribution >= 0.6 is 11.5 Å². The Morgan fingerprint density at radius 1 is 1.24 bits per heavy atom. The predicted molar refractivity (Wildman–Crippen MR) is 98.4 cm³/mol. The van der Waals surface area contributed by atoms with Crippen LogP contribution in [0.4, 0.5) is 5.00 Å². The molecule has 2 aromatic heterocycles. The van der Waals surface area contributed by atoms with E-state index in [0.717, 1.165) is 28.5 Å². The van der Waals surface area contributed by atoms with Crippen molar-refractivity contribution in [3.63, 3.8) is 0 Å². The van der Waals surface area contributed by atoms with Gasteiger partial charge in [-0.25, -0.2) is 0 Å². The number of nitrogens with one attached hydrogen (secondary N) is 1. The van der Waals surface area contributed by atoms with E-state index in [0.29, 0.717) is 12.1 Å². The molecule has 0 atom stereocenters. The van der Waals surface area contributed by atoms with Gasteiger partial charge in [0.2, 0.25) is 0 Å². The monoisotopic (exact) mass is 353 g/mol. The van der Waals surface area contributed by atoms with Crippen LogP contribution in [0, 0.1) is 6.92 Å². The summed E-state index contributed by atoms with van der Waals surface area (Å²) in [6.07, 6.45) is 5.11. The molecule has 7 heteroatoms. The Hall–Kier alpha value is -2.64. The van der Waals surface area contributed by atoms with E-state index >= 15 is 0 Å². The molecule has 25 heavy (non-hydrogen) atoms. The third-order valence-corrected chi connectivity index (χ3v) is 4.35. The Bertz CT molecular complexity index is 849. The van der Waals surface area contributed by atoms with E-state index in [4.69, 9.17) is 0 Å². The molecule has 2 heterocycles. The summed E-state index contributed by atoms with van der Waals surface area (Å²) in [7, 11) is 2.02. The molecule has 0 saturated heterocycles. The lowest BCUT2D eigenvalue weighted by Crippen LogP contribution is -2.18. The number of carbonyl (C=O) groups is 1. The average molecular weight is 353 g/mol. The van der Waals surface area contributed by atoms with Gasteiger partial charge in [0, 0.05) is 37.2 Å². The molecule has 0 bridgehead atoms. The minimum absolute atomic E-state index is 0.123. The fourth-order valence-electron chi connectivity index (χ4n) is 2.47. The normalized spacial score (nSPS) is 10.8. The highest BCUT2D eigenvalue weighted by atomic mass is 32.1. The van der Waals surface area contributed by atoms with E-state index in [9.17, 15) is 4.79 Å². The van der Waals surface area contributed by atoms with Gasteiger partial charge in [-0.15, -0.1) is 0 Å². The quantitative estimate of drug-likeness (QED) is 0.737. The maximum atomic E-state index is 12.4. The van der Waals surface area contributed by atoms with Gasteiger partial charge in [-0.1, -0.05) is 12.1 Å². The second kappa shape index (κ2) is 7.96. The SMILES string of the molecule is Cc1cc(NC(=O)c2cccc(CN(C)Cc3cnccn3)c2)sn1. The zero-order chi connectivity index (χ0) is 17.6. The van der Waals surface area contributed by atoms with Crippen LogP contribution in [-0.2, 0) is 13.1 Å². The minimum atomic E-state index is -0.123. The Labute approximate surface area is 150 Å². The van der Waals surface area contributed by atoms with E-state index in [1.165, 1.54) is 11.5 Å².